The number of halogens is 2. The molecule has 1 atom stereocenters. The molecule has 4 aromatic rings. The Morgan fingerprint density at radius 2 is 2.02 bits per heavy atom. The summed E-state index contributed by atoms with van der Waals surface area (Å²) in [7, 11) is 1.57. The average Bonchev–Trinajstić information content (AvgIpc) is 3.50. The number of benzene rings is 1. The van der Waals surface area contributed by atoms with Crippen molar-refractivity contribution in [2.45, 2.75) is 46.6 Å². The highest BCUT2D eigenvalue weighted by Crippen LogP contribution is 2.32. The molecule has 1 aliphatic heterocycles. The van der Waals surface area contributed by atoms with Crippen LogP contribution in [0, 0.1) is 0 Å². The number of nitrogens with zero attached hydrogens (tertiary/aromatic N) is 4. The van der Waals surface area contributed by atoms with E-state index in [4.69, 9.17) is 9.72 Å². The molecule has 0 aliphatic carbocycles. The second-order valence-corrected chi connectivity index (χ2v) is 11.8. The fourth-order valence-electron chi connectivity index (χ4n) is 5.29. The quantitative estimate of drug-likeness (QED) is 0.246. The van der Waals surface area contributed by atoms with Crippen LogP contribution in [-0.4, -0.2) is 58.1 Å². The molecular formula is C33H35F2N5O3S. The number of pyridine rings is 2. The van der Waals surface area contributed by atoms with Gasteiger partial charge in [0.05, 0.1) is 35.3 Å². The van der Waals surface area contributed by atoms with Crippen molar-refractivity contribution in [1.82, 2.24) is 24.8 Å². The summed E-state index contributed by atoms with van der Waals surface area (Å²) in [5, 5.41) is 5.54. The molecular weight excluding hydrogens is 584 g/mol. The number of carbonyl (C=O) groups excluding carboxylic acids is 1. The third kappa shape index (κ3) is 6.34. The van der Waals surface area contributed by atoms with Crippen molar-refractivity contribution in [2.24, 2.45) is 0 Å². The molecule has 1 aromatic carbocycles. The Balaban J connectivity index is 1.77. The van der Waals surface area contributed by atoms with E-state index in [1.54, 1.807) is 23.1 Å². The molecule has 1 N–H and O–H groups in total. The number of allylic oxidation sites excluding steroid dienone is 1. The fourth-order valence-corrected chi connectivity index (χ4v) is 6.13. The van der Waals surface area contributed by atoms with Crippen LogP contribution in [0.4, 0.5) is 8.78 Å². The van der Waals surface area contributed by atoms with Crippen molar-refractivity contribution in [2.75, 3.05) is 26.7 Å². The number of rotatable bonds is 8. The van der Waals surface area contributed by atoms with Crippen LogP contribution in [-0.2, 0) is 6.42 Å². The first-order valence-corrected chi connectivity index (χ1v) is 15.3. The van der Waals surface area contributed by atoms with Gasteiger partial charge in [-0.05, 0) is 63.1 Å². The lowest BCUT2D eigenvalue weighted by atomic mass is 10.0. The van der Waals surface area contributed by atoms with E-state index in [0.29, 0.717) is 65.0 Å². The Hall–Kier alpha value is -4.22. The molecule has 230 valence electrons. The number of nitrogens with one attached hydrogen (secondary N) is 1. The predicted octanol–water partition coefficient (Wildman–Crippen LogP) is 6.39. The third-order valence-electron chi connectivity index (χ3n) is 7.51. The van der Waals surface area contributed by atoms with E-state index in [-0.39, 0.29) is 28.8 Å². The van der Waals surface area contributed by atoms with E-state index >= 15 is 0 Å². The SMILES string of the molecule is CCc1ccc(OC)cc1-n1c(C=C(C)C)c(C(=O)N2CCN[C@H](C)C2)cc(-c2nc(-c3ccc(C(F)F)nc3)cs2)c1=O. The number of methoxy groups -OCH3 is 1. The monoisotopic (exact) mass is 619 g/mol. The maximum Gasteiger partial charge on any atom is 0.280 e. The second-order valence-electron chi connectivity index (χ2n) is 11.0. The summed E-state index contributed by atoms with van der Waals surface area (Å²) in [6.45, 7) is 9.63. The molecule has 0 radical (unpaired) electrons. The van der Waals surface area contributed by atoms with E-state index in [2.05, 4.69) is 10.3 Å². The van der Waals surface area contributed by atoms with Gasteiger partial charge in [0, 0.05) is 48.9 Å². The van der Waals surface area contributed by atoms with Crippen molar-refractivity contribution in [1.29, 1.82) is 0 Å². The molecule has 1 saturated heterocycles. The first-order chi connectivity index (χ1) is 21.1. The van der Waals surface area contributed by atoms with Crippen molar-refractivity contribution in [3.63, 3.8) is 0 Å². The molecule has 0 saturated carbocycles. The van der Waals surface area contributed by atoms with E-state index in [1.807, 2.05) is 56.9 Å². The summed E-state index contributed by atoms with van der Waals surface area (Å²) in [6, 6.07) is 10.2. The topological polar surface area (TPSA) is 89.3 Å². The Bertz CT molecular complexity index is 1760. The van der Waals surface area contributed by atoms with Gasteiger partial charge < -0.3 is 15.0 Å². The van der Waals surface area contributed by atoms with Gasteiger partial charge in [0.2, 0.25) is 0 Å². The highest BCUT2D eigenvalue weighted by atomic mass is 32.1. The zero-order valence-electron chi connectivity index (χ0n) is 25.4. The van der Waals surface area contributed by atoms with Gasteiger partial charge in [-0.2, -0.15) is 0 Å². The highest BCUT2D eigenvalue weighted by molar-refractivity contribution is 7.13. The molecule has 0 unspecified atom stereocenters. The van der Waals surface area contributed by atoms with Crippen molar-refractivity contribution in [3.8, 4) is 33.3 Å². The maximum atomic E-state index is 14.5. The Labute approximate surface area is 259 Å². The van der Waals surface area contributed by atoms with Gasteiger partial charge in [-0.1, -0.05) is 18.6 Å². The molecule has 0 bridgehead atoms. The van der Waals surface area contributed by atoms with E-state index in [1.165, 1.54) is 29.7 Å². The van der Waals surface area contributed by atoms with Crippen molar-refractivity contribution in [3.05, 3.63) is 86.4 Å². The lowest BCUT2D eigenvalue weighted by Crippen LogP contribution is -2.51. The number of hydrogen-bond donors (Lipinski definition) is 1. The number of ether oxygens (including phenoxy) is 1. The van der Waals surface area contributed by atoms with Crippen LogP contribution in [0.3, 0.4) is 0 Å². The summed E-state index contributed by atoms with van der Waals surface area (Å²) in [5.74, 6) is 0.406. The molecule has 44 heavy (non-hydrogen) atoms. The molecule has 1 aliphatic rings. The molecule has 4 heterocycles. The number of carbonyl (C=O) groups is 1. The van der Waals surface area contributed by atoms with Gasteiger partial charge in [0.1, 0.15) is 16.5 Å². The number of thiazole rings is 1. The number of aryl methyl sites for hydroxylation is 1. The van der Waals surface area contributed by atoms with Crippen molar-refractivity contribution < 1.29 is 18.3 Å². The van der Waals surface area contributed by atoms with Gasteiger partial charge in [-0.25, -0.2) is 13.8 Å². The number of piperazine rings is 1. The third-order valence-corrected chi connectivity index (χ3v) is 8.38. The number of alkyl halides is 2. The lowest BCUT2D eigenvalue weighted by Gasteiger charge is -2.32. The summed E-state index contributed by atoms with van der Waals surface area (Å²) >= 11 is 1.24. The van der Waals surface area contributed by atoms with Crippen LogP contribution in [0.25, 0.3) is 33.6 Å². The largest absolute Gasteiger partial charge is 0.497 e. The van der Waals surface area contributed by atoms with Gasteiger partial charge in [0.25, 0.3) is 17.9 Å². The van der Waals surface area contributed by atoms with Gasteiger partial charge in [-0.15, -0.1) is 11.3 Å². The molecule has 1 amide bonds. The van der Waals surface area contributed by atoms with Gasteiger partial charge >= 0.3 is 0 Å². The minimum atomic E-state index is -2.67. The van der Waals surface area contributed by atoms with E-state index in [0.717, 1.165) is 11.1 Å². The van der Waals surface area contributed by atoms with Crippen LogP contribution in [0.1, 0.15) is 61.4 Å². The normalized spacial score (nSPS) is 15.0. The molecule has 11 heteroatoms. The highest BCUT2D eigenvalue weighted by Gasteiger charge is 2.28. The predicted molar refractivity (Wildman–Crippen MR) is 170 cm³/mol. The number of amides is 1. The minimum absolute atomic E-state index is 0.127. The van der Waals surface area contributed by atoms with E-state index < -0.39 is 6.43 Å². The first-order valence-electron chi connectivity index (χ1n) is 14.5. The van der Waals surface area contributed by atoms with Crippen LogP contribution >= 0.6 is 11.3 Å². The summed E-state index contributed by atoms with van der Waals surface area (Å²) in [6.07, 6.45) is 1.19. The summed E-state index contributed by atoms with van der Waals surface area (Å²) < 4.78 is 33.3. The molecule has 3 aromatic heterocycles. The maximum absolute atomic E-state index is 14.5. The first kappa shape index (κ1) is 31.2. The number of aromatic nitrogens is 3. The lowest BCUT2D eigenvalue weighted by molar-refractivity contribution is 0.0708. The fraction of sp³-hybridized carbons (Fsp3) is 0.333. The number of hydrogen-bond acceptors (Lipinski definition) is 7. The molecule has 0 spiro atoms. The minimum Gasteiger partial charge on any atom is -0.497 e. The van der Waals surface area contributed by atoms with Crippen molar-refractivity contribution >= 4 is 23.3 Å². The van der Waals surface area contributed by atoms with Crippen LogP contribution in [0.5, 0.6) is 5.75 Å². The molecule has 1 fully saturated rings. The molecule has 8 nitrogen and oxygen atoms in total. The standard InChI is InChI=1S/C33H35F2N5O3S/c1-6-21-7-9-23(43-5)14-28(21)40-29(13-19(2)3)24(32(41)39-12-11-36-20(4)17-39)15-25(33(40)42)31-38-27(18-44-31)22-8-10-26(30(34)35)37-16-22/h7-10,13-16,18,20,30,36H,6,11-12,17H2,1-5H3/t20-/m1/s1. The Morgan fingerprint density at radius 1 is 1.23 bits per heavy atom. The smallest absolute Gasteiger partial charge is 0.280 e. The van der Waals surface area contributed by atoms with Crippen LogP contribution < -0.4 is 15.6 Å². The average molecular weight is 620 g/mol. The summed E-state index contributed by atoms with van der Waals surface area (Å²) in [5.41, 5.74) is 3.98. The zero-order chi connectivity index (χ0) is 31.5. The zero-order valence-corrected chi connectivity index (χ0v) is 26.2. The Kier molecular flexibility index (Phi) is 9.36. The van der Waals surface area contributed by atoms with Crippen LogP contribution in [0.15, 0.2) is 58.3 Å². The van der Waals surface area contributed by atoms with Gasteiger partial charge in [-0.3, -0.25) is 19.1 Å². The van der Waals surface area contributed by atoms with Gasteiger partial charge in [0.15, 0.2) is 0 Å². The summed E-state index contributed by atoms with van der Waals surface area (Å²) in [4.78, 5) is 39.2. The van der Waals surface area contributed by atoms with Crippen LogP contribution in [0.2, 0.25) is 0 Å². The Morgan fingerprint density at radius 3 is 2.66 bits per heavy atom. The molecule has 5 rings (SSSR count). The van der Waals surface area contributed by atoms with E-state index in [9.17, 15) is 18.4 Å². The second kappa shape index (κ2) is 13.2.